The average molecular weight is 186 g/mol. The minimum Gasteiger partial charge on any atom is -0.507 e. The maximum atomic E-state index is 10.7. The van der Waals surface area contributed by atoms with E-state index in [0.717, 1.165) is 22.6 Å². The number of aromatic hydroxyl groups is 1. The summed E-state index contributed by atoms with van der Waals surface area (Å²) < 4.78 is 0. The Labute approximate surface area is 81.8 Å². The third-order valence-corrected chi connectivity index (χ3v) is 2.40. The number of rotatable bonds is 1. The molecule has 0 saturated carbocycles. The Morgan fingerprint density at radius 3 is 2.64 bits per heavy atom. The van der Waals surface area contributed by atoms with Gasteiger partial charge in [0.2, 0.25) is 0 Å². The molecular weight excluding hydrogens is 176 g/mol. The van der Waals surface area contributed by atoms with Gasteiger partial charge in [-0.05, 0) is 17.9 Å². The van der Waals surface area contributed by atoms with Crippen LogP contribution in [0.3, 0.4) is 0 Å². The van der Waals surface area contributed by atoms with Crippen molar-refractivity contribution in [1.82, 2.24) is 0 Å². The van der Waals surface area contributed by atoms with Gasteiger partial charge < -0.3 is 5.11 Å². The number of phenols is 1. The van der Waals surface area contributed by atoms with Crippen LogP contribution in [0.4, 0.5) is 0 Å². The van der Waals surface area contributed by atoms with Crippen LogP contribution in [-0.2, 0) is 0 Å². The minimum atomic E-state index is 0.256. The minimum absolute atomic E-state index is 0.256. The molecule has 2 aromatic rings. The monoisotopic (exact) mass is 186 g/mol. The molecule has 0 aliphatic rings. The van der Waals surface area contributed by atoms with Gasteiger partial charge in [0.1, 0.15) is 5.75 Å². The van der Waals surface area contributed by atoms with Gasteiger partial charge in [0, 0.05) is 10.9 Å². The molecule has 0 radical (unpaired) electrons. The Hall–Kier alpha value is -1.83. The first-order valence-electron chi connectivity index (χ1n) is 4.40. The van der Waals surface area contributed by atoms with Gasteiger partial charge in [-0.1, -0.05) is 30.3 Å². The van der Waals surface area contributed by atoms with E-state index in [4.69, 9.17) is 0 Å². The molecule has 0 unspecified atom stereocenters. The van der Waals surface area contributed by atoms with Crippen molar-refractivity contribution in [2.45, 2.75) is 6.92 Å². The van der Waals surface area contributed by atoms with Crippen LogP contribution < -0.4 is 0 Å². The summed E-state index contributed by atoms with van der Waals surface area (Å²) in [6, 6.07) is 8.98. The van der Waals surface area contributed by atoms with E-state index in [0.29, 0.717) is 5.56 Å². The lowest BCUT2D eigenvalue weighted by Gasteiger charge is -2.05. The molecule has 0 aliphatic heterocycles. The fourth-order valence-corrected chi connectivity index (χ4v) is 1.58. The number of phenolic OH excluding ortho intramolecular Hbond substituents is 1. The van der Waals surface area contributed by atoms with Gasteiger partial charge in [0.05, 0.1) is 0 Å². The summed E-state index contributed by atoms with van der Waals surface area (Å²) >= 11 is 0. The van der Waals surface area contributed by atoms with Gasteiger partial charge in [0.15, 0.2) is 6.29 Å². The normalized spacial score (nSPS) is 10.4. The Morgan fingerprint density at radius 1 is 1.14 bits per heavy atom. The molecule has 0 bridgehead atoms. The van der Waals surface area contributed by atoms with Gasteiger partial charge >= 0.3 is 0 Å². The molecule has 2 rings (SSSR count). The topological polar surface area (TPSA) is 37.3 Å². The molecule has 2 nitrogen and oxygen atoms in total. The Bertz CT molecular complexity index is 501. The summed E-state index contributed by atoms with van der Waals surface area (Å²) in [6.07, 6.45) is 0.803. The van der Waals surface area contributed by atoms with Crippen LogP contribution >= 0.6 is 0 Å². The van der Waals surface area contributed by atoms with Gasteiger partial charge in [-0.2, -0.15) is 0 Å². The molecule has 0 atom stereocenters. The number of carbonyl (C=O) groups excluding carboxylic acids is 1. The summed E-state index contributed by atoms with van der Waals surface area (Å²) in [6.45, 7) is 1.84. The van der Waals surface area contributed by atoms with Crippen LogP contribution in [0, 0.1) is 6.92 Å². The van der Waals surface area contributed by atoms with E-state index in [-0.39, 0.29) is 5.75 Å². The zero-order chi connectivity index (χ0) is 10.1. The standard InChI is InChI=1S/C12H10O2/c1-8-5-6-10-9(7-13)3-2-4-11(10)12(8)14/h2-7,14H,1H3. The third kappa shape index (κ3) is 1.16. The molecule has 2 heteroatoms. The molecule has 0 amide bonds. The van der Waals surface area contributed by atoms with Crippen LogP contribution in [0.25, 0.3) is 10.8 Å². The van der Waals surface area contributed by atoms with Crippen molar-refractivity contribution in [1.29, 1.82) is 0 Å². The lowest BCUT2D eigenvalue weighted by Crippen LogP contribution is -1.84. The van der Waals surface area contributed by atoms with Crippen molar-refractivity contribution in [3.05, 3.63) is 41.5 Å². The number of aldehydes is 1. The second kappa shape index (κ2) is 3.14. The second-order valence-electron chi connectivity index (χ2n) is 3.29. The van der Waals surface area contributed by atoms with Gasteiger partial charge in [-0.15, -0.1) is 0 Å². The number of hydrogen-bond acceptors (Lipinski definition) is 2. The second-order valence-corrected chi connectivity index (χ2v) is 3.29. The quantitative estimate of drug-likeness (QED) is 0.695. The molecular formula is C12H10O2. The Morgan fingerprint density at radius 2 is 1.93 bits per heavy atom. The van der Waals surface area contributed by atoms with E-state index >= 15 is 0 Å². The zero-order valence-corrected chi connectivity index (χ0v) is 7.82. The Balaban J connectivity index is 2.92. The highest BCUT2D eigenvalue weighted by Crippen LogP contribution is 2.29. The summed E-state index contributed by atoms with van der Waals surface area (Å²) in [5.74, 6) is 0.256. The molecule has 0 aromatic heterocycles. The molecule has 14 heavy (non-hydrogen) atoms. The highest BCUT2D eigenvalue weighted by Gasteiger charge is 2.05. The zero-order valence-electron chi connectivity index (χ0n) is 7.82. The van der Waals surface area contributed by atoms with E-state index < -0.39 is 0 Å². The maximum absolute atomic E-state index is 10.7. The van der Waals surface area contributed by atoms with Crippen molar-refractivity contribution in [2.75, 3.05) is 0 Å². The number of hydrogen-bond donors (Lipinski definition) is 1. The lowest BCUT2D eigenvalue weighted by atomic mass is 10.0. The average Bonchev–Trinajstić information content (AvgIpc) is 2.23. The summed E-state index contributed by atoms with van der Waals surface area (Å²) in [4.78, 5) is 10.7. The molecule has 0 aliphatic carbocycles. The van der Waals surface area contributed by atoms with E-state index in [2.05, 4.69) is 0 Å². The van der Waals surface area contributed by atoms with Crippen molar-refractivity contribution >= 4 is 17.1 Å². The van der Waals surface area contributed by atoms with Crippen molar-refractivity contribution in [2.24, 2.45) is 0 Å². The van der Waals surface area contributed by atoms with Gasteiger partial charge in [0.25, 0.3) is 0 Å². The third-order valence-electron chi connectivity index (χ3n) is 2.40. The predicted molar refractivity (Wildman–Crippen MR) is 55.7 cm³/mol. The molecule has 2 aromatic carbocycles. The first kappa shape index (κ1) is 8.75. The maximum Gasteiger partial charge on any atom is 0.150 e. The van der Waals surface area contributed by atoms with Gasteiger partial charge in [-0.25, -0.2) is 0 Å². The number of benzene rings is 2. The smallest absolute Gasteiger partial charge is 0.150 e. The van der Waals surface area contributed by atoms with E-state index in [1.165, 1.54) is 0 Å². The lowest BCUT2D eigenvalue weighted by molar-refractivity contribution is 0.112. The highest BCUT2D eigenvalue weighted by atomic mass is 16.3. The summed E-state index contributed by atoms with van der Waals surface area (Å²) in [5.41, 5.74) is 1.43. The molecule has 0 saturated heterocycles. The van der Waals surface area contributed by atoms with Crippen LogP contribution in [0.5, 0.6) is 5.75 Å². The van der Waals surface area contributed by atoms with Crippen molar-refractivity contribution < 1.29 is 9.90 Å². The molecule has 70 valence electrons. The molecule has 0 heterocycles. The SMILES string of the molecule is Cc1ccc2c(C=O)cccc2c1O. The first-order chi connectivity index (χ1) is 6.74. The molecule has 1 N–H and O–H groups in total. The number of carbonyl (C=O) groups is 1. The Kier molecular flexibility index (Phi) is 1.97. The number of aryl methyl sites for hydroxylation is 1. The van der Waals surface area contributed by atoms with Crippen LogP contribution in [0.1, 0.15) is 15.9 Å². The van der Waals surface area contributed by atoms with E-state index in [1.54, 1.807) is 12.1 Å². The largest absolute Gasteiger partial charge is 0.507 e. The highest BCUT2D eigenvalue weighted by molar-refractivity contribution is 6.01. The summed E-state index contributed by atoms with van der Waals surface area (Å²) in [5, 5.41) is 11.3. The van der Waals surface area contributed by atoms with Crippen molar-refractivity contribution in [3.8, 4) is 5.75 Å². The van der Waals surface area contributed by atoms with Crippen LogP contribution in [0.15, 0.2) is 30.3 Å². The molecule has 0 fully saturated rings. The first-order valence-corrected chi connectivity index (χ1v) is 4.40. The predicted octanol–water partition coefficient (Wildman–Crippen LogP) is 2.67. The van der Waals surface area contributed by atoms with E-state index in [9.17, 15) is 9.90 Å². The summed E-state index contributed by atoms with van der Waals surface area (Å²) in [7, 11) is 0. The van der Waals surface area contributed by atoms with Crippen LogP contribution in [0.2, 0.25) is 0 Å². The fraction of sp³-hybridized carbons (Fsp3) is 0.0833. The van der Waals surface area contributed by atoms with E-state index in [1.807, 2.05) is 25.1 Å². The number of fused-ring (bicyclic) bond motifs is 1. The van der Waals surface area contributed by atoms with Crippen molar-refractivity contribution in [3.63, 3.8) is 0 Å². The van der Waals surface area contributed by atoms with Gasteiger partial charge in [-0.3, -0.25) is 4.79 Å². The van der Waals surface area contributed by atoms with Crippen LogP contribution in [-0.4, -0.2) is 11.4 Å². The molecule has 0 spiro atoms. The fourth-order valence-electron chi connectivity index (χ4n) is 1.58.